The Bertz CT molecular complexity index is 1090. The minimum atomic E-state index is -4.57. The maximum Gasteiger partial charge on any atom is 0.417 e. The minimum absolute atomic E-state index is 0.00584. The summed E-state index contributed by atoms with van der Waals surface area (Å²) >= 11 is 6.75. The Balaban J connectivity index is 1.67. The number of hydrogen-bond acceptors (Lipinski definition) is 6. The van der Waals surface area contributed by atoms with E-state index < -0.39 is 17.0 Å². The quantitative estimate of drug-likeness (QED) is 0.413. The summed E-state index contributed by atoms with van der Waals surface area (Å²) < 4.78 is 50.2. The van der Waals surface area contributed by atoms with Gasteiger partial charge in [-0.1, -0.05) is 29.4 Å². The van der Waals surface area contributed by atoms with Crippen LogP contribution in [0.3, 0.4) is 0 Å². The lowest BCUT2D eigenvalue weighted by Gasteiger charge is -2.13. The first kappa shape index (κ1) is 24.9. The number of benzene rings is 2. The summed E-state index contributed by atoms with van der Waals surface area (Å²) in [6.45, 7) is 3.82. The van der Waals surface area contributed by atoms with Crippen molar-refractivity contribution in [3.05, 3.63) is 58.1 Å². The first-order valence-electron chi connectivity index (χ1n) is 9.85. The van der Waals surface area contributed by atoms with Crippen LogP contribution in [0.25, 0.3) is 0 Å². The lowest BCUT2D eigenvalue weighted by molar-refractivity contribution is -0.137. The molecular formula is C22H21ClF3N3O3S. The first-order valence-corrected chi connectivity index (χ1v) is 11.1. The number of carbonyl (C=O) groups is 1. The van der Waals surface area contributed by atoms with Gasteiger partial charge in [0.25, 0.3) is 0 Å². The zero-order valence-corrected chi connectivity index (χ0v) is 19.5. The normalized spacial score (nSPS) is 17.8. The number of amides is 1. The number of amidine groups is 1. The molecule has 3 rings (SSSR count). The number of rotatable bonds is 7. The third-order valence-electron chi connectivity index (χ3n) is 4.44. The van der Waals surface area contributed by atoms with Gasteiger partial charge in [-0.3, -0.25) is 4.79 Å². The van der Waals surface area contributed by atoms with Crippen molar-refractivity contribution in [3.63, 3.8) is 0 Å². The molecule has 1 saturated heterocycles. The van der Waals surface area contributed by atoms with Gasteiger partial charge < -0.3 is 14.8 Å². The molecule has 0 bridgehead atoms. The molecule has 6 nitrogen and oxygen atoms in total. The van der Waals surface area contributed by atoms with Crippen LogP contribution in [-0.2, 0) is 17.4 Å². The van der Waals surface area contributed by atoms with Crippen molar-refractivity contribution in [1.82, 2.24) is 5.32 Å². The highest BCUT2D eigenvalue weighted by atomic mass is 35.5. The number of methoxy groups -OCH3 is 1. The average molecular weight is 500 g/mol. The van der Waals surface area contributed by atoms with Crippen LogP contribution in [0.1, 0.15) is 30.5 Å². The SMILES string of the molecule is COc1cc(/C=N/N=C2\NC(=O)C(Cc3ccc(Cl)c(C(F)(F)F)c3)S2)ccc1OC(C)C. The molecule has 1 aliphatic rings. The third kappa shape index (κ3) is 6.64. The number of ether oxygens (including phenoxy) is 2. The zero-order valence-electron chi connectivity index (χ0n) is 17.9. The van der Waals surface area contributed by atoms with Crippen LogP contribution < -0.4 is 14.8 Å². The smallest absolute Gasteiger partial charge is 0.417 e. The van der Waals surface area contributed by atoms with Crippen LogP contribution >= 0.6 is 23.4 Å². The van der Waals surface area contributed by atoms with Gasteiger partial charge in [-0.2, -0.15) is 18.3 Å². The van der Waals surface area contributed by atoms with Crippen molar-refractivity contribution >= 4 is 40.7 Å². The van der Waals surface area contributed by atoms with Gasteiger partial charge in [0.05, 0.1) is 35.3 Å². The van der Waals surface area contributed by atoms with Gasteiger partial charge in [0.1, 0.15) is 0 Å². The van der Waals surface area contributed by atoms with Gasteiger partial charge in [0.15, 0.2) is 16.7 Å². The molecule has 1 N–H and O–H groups in total. The number of nitrogens with one attached hydrogen (secondary N) is 1. The van der Waals surface area contributed by atoms with Crippen molar-refractivity contribution in [2.24, 2.45) is 10.2 Å². The summed E-state index contributed by atoms with van der Waals surface area (Å²) in [7, 11) is 1.53. The molecule has 176 valence electrons. The maximum atomic E-state index is 13.1. The number of thioether (sulfide) groups is 1. The second-order valence-electron chi connectivity index (χ2n) is 7.34. The monoisotopic (exact) mass is 499 g/mol. The minimum Gasteiger partial charge on any atom is -0.493 e. The van der Waals surface area contributed by atoms with Crippen molar-refractivity contribution in [2.75, 3.05) is 7.11 Å². The topological polar surface area (TPSA) is 72.3 Å². The van der Waals surface area contributed by atoms with Crippen molar-refractivity contribution in [1.29, 1.82) is 0 Å². The van der Waals surface area contributed by atoms with E-state index in [0.717, 1.165) is 17.8 Å². The lowest BCUT2D eigenvalue weighted by atomic mass is 10.1. The molecule has 1 unspecified atom stereocenters. The number of alkyl halides is 3. The van der Waals surface area contributed by atoms with Crippen LogP contribution in [-0.4, -0.2) is 35.8 Å². The molecule has 33 heavy (non-hydrogen) atoms. The van der Waals surface area contributed by atoms with Crippen molar-refractivity contribution in [2.45, 2.75) is 37.8 Å². The fraction of sp³-hybridized carbons (Fsp3) is 0.318. The molecular weight excluding hydrogens is 479 g/mol. The Labute approximate surface area is 198 Å². The summed E-state index contributed by atoms with van der Waals surface area (Å²) in [5, 5.41) is 9.83. The summed E-state index contributed by atoms with van der Waals surface area (Å²) in [5.41, 5.74) is 0.128. The van der Waals surface area contributed by atoms with Crippen LogP contribution in [0.2, 0.25) is 5.02 Å². The molecule has 0 spiro atoms. The fourth-order valence-electron chi connectivity index (χ4n) is 2.98. The Hall–Kier alpha value is -2.72. The van der Waals surface area contributed by atoms with Gasteiger partial charge in [-0.05, 0) is 61.7 Å². The standard InChI is InChI=1S/C22H21ClF3N3O3S/c1-12(2)32-17-7-5-14(9-18(17)31-3)11-27-29-21-28-20(30)19(33-21)10-13-4-6-16(23)15(8-13)22(24,25)26/h4-9,11-12,19H,10H2,1-3H3,(H,28,29,30)/b27-11+. The Morgan fingerprint density at radius 1 is 1.21 bits per heavy atom. The van der Waals surface area contributed by atoms with Gasteiger partial charge in [0, 0.05) is 0 Å². The van der Waals surface area contributed by atoms with Crippen LogP contribution in [0.4, 0.5) is 13.2 Å². The van der Waals surface area contributed by atoms with Gasteiger partial charge in [-0.15, -0.1) is 5.10 Å². The summed E-state index contributed by atoms with van der Waals surface area (Å²) in [5.74, 6) is 0.799. The largest absolute Gasteiger partial charge is 0.493 e. The summed E-state index contributed by atoms with van der Waals surface area (Å²) in [6, 6.07) is 8.90. The molecule has 0 aromatic heterocycles. The highest BCUT2D eigenvalue weighted by Gasteiger charge is 2.35. The predicted molar refractivity (Wildman–Crippen MR) is 123 cm³/mol. The van der Waals surface area contributed by atoms with E-state index in [1.807, 2.05) is 13.8 Å². The van der Waals surface area contributed by atoms with Gasteiger partial charge in [-0.25, -0.2) is 0 Å². The molecule has 1 heterocycles. The van der Waals surface area contributed by atoms with E-state index >= 15 is 0 Å². The van der Waals surface area contributed by atoms with Crippen molar-refractivity contribution in [3.8, 4) is 11.5 Å². The first-order chi connectivity index (χ1) is 15.6. The van der Waals surface area contributed by atoms with Crippen LogP contribution in [0.5, 0.6) is 11.5 Å². The highest BCUT2D eigenvalue weighted by Crippen LogP contribution is 2.36. The molecule has 1 amide bonds. The highest BCUT2D eigenvalue weighted by molar-refractivity contribution is 8.15. The molecule has 1 atom stereocenters. The van der Waals surface area contributed by atoms with E-state index in [2.05, 4.69) is 15.5 Å². The van der Waals surface area contributed by atoms with Crippen LogP contribution in [0, 0.1) is 0 Å². The van der Waals surface area contributed by atoms with E-state index in [1.165, 1.54) is 25.5 Å². The molecule has 2 aromatic carbocycles. The van der Waals surface area contributed by atoms with E-state index in [0.29, 0.717) is 22.6 Å². The predicted octanol–water partition coefficient (Wildman–Crippen LogP) is 5.32. The number of nitrogens with zero attached hydrogens (tertiary/aromatic N) is 2. The molecule has 1 aliphatic heterocycles. The van der Waals surface area contributed by atoms with Crippen molar-refractivity contribution < 1.29 is 27.4 Å². The van der Waals surface area contributed by atoms with Gasteiger partial charge >= 0.3 is 6.18 Å². The van der Waals surface area contributed by atoms with E-state index in [1.54, 1.807) is 18.2 Å². The molecule has 0 radical (unpaired) electrons. The second kappa shape index (κ2) is 10.5. The molecule has 0 saturated carbocycles. The fourth-order valence-corrected chi connectivity index (χ4v) is 4.17. The molecule has 2 aromatic rings. The van der Waals surface area contributed by atoms with Gasteiger partial charge in [0.2, 0.25) is 5.91 Å². The average Bonchev–Trinajstić information content (AvgIpc) is 3.08. The lowest BCUT2D eigenvalue weighted by Crippen LogP contribution is -2.26. The summed E-state index contributed by atoms with van der Waals surface area (Å²) in [6.07, 6.45) is -2.99. The molecule has 0 aliphatic carbocycles. The Kier molecular flexibility index (Phi) is 7.91. The maximum absolute atomic E-state index is 13.1. The molecule has 1 fully saturated rings. The number of carbonyl (C=O) groups excluding carboxylic acids is 1. The Morgan fingerprint density at radius 3 is 2.64 bits per heavy atom. The van der Waals surface area contributed by atoms with E-state index in [-0.39, 0.29) is 28.6 Å². The van der Waals surface area contributed by atoms with E-state index in [4.69, 9.17) is 21.1 Å². The summed E-state index contributed by atoms with van der Waals surface area (Å²) in [4.78, 5) is 12.2. The zero-order chi connectivity index (χ0) is 24.2. The molecule has 11 heteroatoms. The number of halogens is 4. The third-order valence-corrected chi connectivity index (χ3v) is 5.84. The van der Waals surface area contributed by atoms with Crippen LogP contribution in [0.15, 0.2) is 46.6 Å². The second-order valence-corrected chi connectivity index (χ2v) is 8.94. The van der Waals surface area contributed by atoms with E-state index in [9.17, 15) is 18.0 Å². The number of hydrogen-bond donors (Lipinski definition) is 1. The Morgan fingerprint density at radius 2 is 1.97 bits per heavy atom.